The number of amides is 2. The van der Waals surface area contributed by atoms with Gasteiger partial charge >= 0.3 is 0 Å². The van der Waals surface area contributed by atoms with Crippen molar-refractivity contribution in [3.05, 3.63) is 89.2 Å². The Morgan fingerprint density at radius 1 is 0.886 bits per heavy atom. The first kappa shape index (κ1) is 24.5. The number of hydrogen-bond donors (Lipinski definition) is 2. The van der Waals surface area contributed by atoms with E-state index in [1.165, 1.54) is 12.1 Å². The van der Waals surface area contributed by atoms with Gasteiger partial charge in [0.2, 0.25) is 10.0 Å². The zero-order valence-electron chi connectivity index (χ0n) is 19.0. The molecule has 2 amide bonds. The lowest BCUT2D eigenvalue weighted by molar-refractivity contribution is 0.0729. The highest BCUT2D eigenvalue weighted by Gasteiger charge is 2.29. The maximum atomic E-state index is 14.4. The average Bonchev–Trinajstić information content (AvgIpc) is 2.87. The van der Waals surface area contributed by atoms with Gasteiger partial charge in [0.25, 0.3) is 11.8 Å². The third-order valence-electron chi connectivity index (χ3n) is 5.56. The van der Waals surface area contributed by atoms with Gasteiger partial charge in [0.1, 0.15) is 10.7 Å². The van der Waals surface area contributed by atoms with Crippen molar-refractivity contribution in [3.63, 3.8) is 0 Å². The summed E-state index contributed by atoms with van der Waals surface area (Å²) in [7, 11) is -4.09. The van der Waals surface area contributed by atoms with Crippen molar-refractivity contribution in [2.75, 3.05) is 36.9 Å². The van der Waals surface area contributed by atoms with Crippen LogP contribution >= 0.6 is 0 Å². The van der Waals surface area contributed by atoms with E-state index in [1.807, 2.05) is 0 Å². The number of carbonyl (C=O) groups is 2. The zero-order chi connectivity index (χ0) is 25.0. The number of benzene rings is 3. The van der Waals surface area contributed by atoms with E-state index in [1.54, 1.807) is 49.4 Å². The number of ether oxygens (including phenoxy) is 1. The molecule has 2 N–H and O–H groups in total. The van der Waals surface area contributed by atoms with Crippen molar-refractivity contribution in [1.82, 2.24) is 4.31 Å². The van der Waals surface area contributed by atoms with E-state index in [2.05, 4.69) is 10.6 Å². The van der Waals surface area contributed by atoms with Gasteiger partial charge in [-0.3, -0.25) is 9.59 Å². The summed E-state index contributed by atoms with van der Waals surface area (Å²) in [6.45, 7) is 2.51. The SMILES string of the molecule is Cc1ccc(C(=O)Nc2ccc(F)c(S(=O)(=O)N3CCOCC3)c2)cc1NC(=O)c1ccccc1. The van der Waals surface area contributed by atoms with E-state index in [0.717, 1.165) is 22.0 Å². The number of carbonyl (C=O) groups excluding carboxylic acids is 2. The van der Waals surface area contributed by atoms with E-state index in [-0.39, 0.29) is 43.5 Å². The summed E-state index contributed by atoms with van der Waals surface area (Å²) in [5.41, 5.74) is 2.05. The van der Waals surface area contributed by atoms with Gasteiger partial charge in [-0.2, -0.15) is 4.31 Å². The number of rotatable bonds is 6. The normalized spacial score (nSPS) is 14.3. The minimum absolute atomic E-state index is 0.124. The molecular weight excluding hydrogens is 473 g/mol. The van der Waals surface area contributed by atoms with Crippen LogP contribution in [0.1, 0.15) is 26.3 Å². The van der Waals surface area contributed by atoms with E-state index in [0.29, 0.717) is 11.3 Å². The Hall–Kier alpha value is -3.60. The summed E-state index contributed by atoms with van der Waals surface area (Å²) in [6.07, 6.45) is 0. The van der Waals surface area contributed by atoms with Crippen LogP contribution in [0.15, 0.2) is 71.6 Å². The molecule has 0 atom stereocenters. The van der Waals surface area contributed by atoms with E-state index < -0.39 is 26.6 Å². The second kappa shape index (κ2) is 10.3. The van der Waals surface area contributed by atoms with Crippen LogP contribution in [0.5, 0.6) is 0 Å². The van der Waals surface area contributed by atoms with Crippen LogP contribution in [0.2, 0.25) is 0 Å². The molecule has 182 valence electrons. The predicted molar refractivity (Wildman–Crippen MR) is 130 cm³/mol. The number of halogens is 1. The van der Waals surface area contributed by atoms with Gasteiger partial charge in [0.15, 0.2) is 0 Å². The maximum Gasteiger partial charge on any atom is 0.255 e. The highest BCUT2D eigenvalue weighted by atomic mass is 32.2. The van der Waals surface area contributed by atoms with Gasteiger partial charge in [0.05, 0.1) is 13.2 Å². The summed E-state index contributed by atoms with van der Waals surface area (Å²) >= 11 is 0. The molecule has 4 rings (SSSR count). The van der Waals surface area contributed by atoms with Crippen molar-refractivity contribution in [2.45, 2.75) is 11.8 Å². The number of sulfonamides is 1. The van der Waals surface area contributed by atoms with Crippen molar-refractivity contribution < 1.29 is 27.1 Å². The first-order valence-corrected chi connectivity index (χ1v) is 12.4. The van der Waals surface area contributed by atoms with Crippen molar-refractivity contribution in [3.8, 4) is 0 Å². The molecule has 0 saturated carbocycles. The Bertz CT molecular complexity index is 1360. The van der Waals surface area contributed by atoms with Crippen LogP contribution < -0.4 is 10.6 Å². The van der Waals surface area contributed by atoms with Crippen molar-refractivity contribution in [1.29, 1.82) is 0 Å². The quantitative estimate of drug-likeness (QED) is 0.541. The van der Waals surface area contributed by atoms with Crippen LogP contribution in [-0.4, -0.2) is 50.8 Å². The molecule has 1 saturated heterocycles. The zero-order valence-corrected chi connectivity index (χ0v) is 19.8. The van der Waals surface area contributed by atoms with Crippen LogP contribution in [0.4, 0.5) is 15.8 Å². The van der Waals surface area contributed by atoms with Gasteiger partial charge < -0.3 is 15.4 Å². The number of nitrogens with one attached hydrogen (secondary N) is 2. The first-order valence-electron chi connectivity index (χ1n) is 10.9. The summed E-state index contributed by atoms with van der Waals surface area (Å²) in [5, 5.41) is 5.40. The summed E-state index contributed by atoms with van der Waals surface area (Å²) in [5.74, 6) is -1.76. The van der Waals surface area contributed by atoms with Crippen molar-refractivity contribution >= 4 is 33.2 Å². The number of morpholine rings is 1. The Balaban J connectivity index is 1.53. The number of nitrogens with zero attached hydrogens (tertiary/aromatic N) is 1. The molecule has 0 aromatic heterocycles. The molecule has 0 radical (unpaired) electrons. The second-order valence-corrected chi connectivity index (χ2v) is 9.87. The summed E-state index contributed by atoms with van der Waals surface area (Å²) < 4.78 is 46.6. The second-order valence-electron chi connectivity index (χ2n) is 7.97. The van der Waals surface area contributed by atoms with E-state index in [9.17, 15) is 22.4 Å². The Labute approximate surface area is 202 Å². The fourth-order valence-electron chi connectivity index (χ4n) is 3.59. The largest absolute Gasteiger partial charge is 0.379 e. The number of hydrogen-bond acceptors (Lipinski definition) is 5. The van der Waals surface area contributed by atoms with Crippen LogP contribution in [0.3, 0.4) is 0 Å². The van der Waals surface area contributed by atoms with Gasteiger partial charge in [-0.1, -0.05) is 24.3 Å². The summed E-state index contributed by atoms with van der Waals surface area (Å²) in [6, 6.07) is 16.9. The third-order valence-corrected chi connectivity index (χ3v) is 7.47. The van der Waals surface area contributed by atoms with E-state index >= 15 is 0 Å². The minimum Gasteiger partial charge on any atom is -0.379 e. The standard InChI is InChI=1S/C25H24FN3O5S/c1-17-7-8-19(15-22(17)28-24(30)18-5-3-2-4-6-18)25(31)27-20-9-10-21(26)23(16-20)35(32,33)29-11-13-34-14-12-29/h2-10,15-16H,11-14H2,1H3,(H,27,31)(H,28,30). The minimum atomic E-state index is -4.09. The summed E-state index contributed by atoms with van der Waals surface area (Å²) in [4.78, 5) is 24.9. The monoisotopic (exact) mass is 497 g/mol. The Morgan fingerprint density at radius 3 is 2.29 bits per heavy atom. The average molecular weight is 498 g/mol. The highest BCUT2D eigenvalue weighted by molar-refractivity contribution is 7.89. The molecule has 0 bridgehead atoms. The molecule has 0 spiro atoms. The van der Waals surface area contributed by atoms with Gasteiger partial charge in [-0.15, -0.1) is 0 Å². The third kappa shape index (κ3) is 5.56. The molecule has 1 heterocycles. The number of aryl methyl sites for hydroxylation is 1. The first-order chi connectivity index (χ1) is 16.8. The Kier molecular flexibility index (Phi) is 7.25. The molecule has 0 unspecified atom stereocenters. The molecule has 10 heteroatoms. The van der Waals surface area contributed by atoms with Crippen LogP contribution in [0, 0.1) is 12.7 Å². The molecule has 1 aliphatic rings. The molecule has 3 aromatic carbocycles. The smallest absolute Gasteiger partial charge is 0.255 e. The van der Waals surface area contributed by atoms with E-state index in [4.69, 9.17) is 4.74 Å². The fourth-order valence-corrected chi connectivity index (χ4v) is 5.09. The molecule has 0 aliphatic carbocycles. The highest BCUT2D eigenvalue weighted by Crippen LogP contribution is 2.25. The Morgan fingerprint density at radius 2 is 1.57 bits per heavy atom. The molecule has 3 aromatic rings. The lowest BCUT2D eigenvalue weighted by Gasteiger charge is -2.26. The topological polar surface area (TPSA) is 105 Å². The van der Waals surface area contributed by atoms with Crippen LogP contribution in [0.25, 0.3) is 0 Å². The lowest BCUT2D eigenvalue weighted by Crippen LogP contribution is -2.40. The van der Waals surface area contributed by atoms with Gasteiger partial charge in [-0.05, 0) is 55.0 Å². The van der Waals surface area contributed by atoms with Crippen LogP contribution in [-0.2, 0) is 14.8 Å². The van der Waals surface area contributed by atoms with Gasteiger partial charge in [-0.25, -0.2) is 12.8 Å². The molecule has 1 fully saturated rings. The number of anilines is 2. The van der Waals surface area contributed by atoms with Gasteiger partial charge in [0, 0.05) is 35.6 Å². The lowest BCUT2D eigenvalue weighted by atomic mass is 10.1. The molecular formula is C25H24FN3O5S. The molecule has 35 heavy (non-hydrogen) atoms. The van der Waals surface area contributed by atoms with Crippen molar-refractivity contribution in [2.24, 2.45) is 0 Å². The molecule has 8 nitrogen and oxygen atoms in total. The predicted octanol–water partition coefficient (Wildman–Crippen LogP) is 3.66. The fraction of sp³-hybridized carbons (Fsp3) is 0.200. The molecule has 1 aliphatic heterocycles. The maximum absolute atomic E-state index is 14.4.